The zero-order valence-electron chi connectivity index (χ0n) is 17.6. The second-order valence-electron chi connectivity index (χ2n) is 7.94. The smallest absolute Gasteiger partial charge is 0.222 e. The van der Waals surface area contributed by atoms with Gasteiger partial charge in [0, 0.05) is 32.4 Å². The molecule has 0 aliphatic carbocycles. The van der Waals surface area contributed by atoms with Gasteiger partial charge in [0.25, 0.3) is 0 Å². The van der Waals surface area contributed by atoms with Crippen LogP contribution < -0.4 is 21.7 Å². The van der Waals surface area contributed by atoms with Gasteiger partial charge in [-0.1, -0.05) is 0 Å². The van der Waals surface area contributed by atoms with Crippen LogP contribution in [0.15, 0.2) is 18.3 Å². The number of aromatic nitrogens is 4. The molecule has 9 nitrogen and oxygen atoms in total. The largest absolute Gasteiger partial charge is 0.368 e. The monoisotopic (exact) mass is 405 g/mol. The molecule has 0 aromatic carbocycles. The van der Waals surface area contributed by atoms with E-state index in [9.17, 15) is 5.26 Å². The molecule has 3 aromatic rings. The number of hydrogen-bond acceptors (Lipinski definition) is 8. The molecule has 30 heavy (non-hydrogen) atoms. The van der Waals surface area contributed by atoms with Crippen LogP contribution in [0.1, 0.15) is 42.8 Å². The Balaban J connectivity index is 1.77. The number of aryl methyl sites for hydroxylation is 2. The van der Waals surface area contributed by atoms with E-state index in [-0.39, 0.29) is 18.0 Å². The van der Waals surface area contributed by atoms with Crippen LogP contribution in [0.3, 0.4) is 0 Å². The van der Waals surface area contributed by atoms with Crippen LogP contribution in [-0.4, -0.2) is 38.7 Å². The summed E-state index contributed by atoms with van der Waals surface area (Å²) in [4.78, 5) is 15.6. The summed E-state index contributed by atoms with van der Waals surface area (Å²) in [5.41, 5.74) is 17.0. The first-order chi connectivity index (χ1) is 14.4. The number of rotatable bonds is 4. The van der Waals surface area contributed by atoms with Crippen molar-refractivity contribution >= 4 is 28.5 Å². The molecule has 1 saturated heterocycles. The SMILES string of the molecule is Cc1nc(N)nc(NC(C)c2nc3ccn(C)c3cc2N2CCCC(N)C2)c1C#N. The average molecular weight is 406 g/mol. The third-order valence-corrected chi connectivity index (χ3v) is 5.66. The standard InChI is InChI=1S/C21H27N9/c1-12-15(10-22)20(28-21(24)26-12)25-13(2)19-18(30-7-4-5-14(23)11-30)9-17-16(27-19)6-8-29(17)3/h6,8-9,13-14H,4-5,7,11,23H2,1-3H3,(H3,24,25,26,28). The Hall–Kier alpha value is -3.38. The maximum Gasteiger partial charge on any atom is 0.222 e. The van der Waals surface area contributed by atoms with Gasteiger partial charge in [0.2, 0.25) is 5.95 Å². The lowest BCUT2D eigenvalue weighted by molar-refractivity contribution is 0.504. The molecule has 3 aromatic heterocycles. The first-order valence-electron chi connectivity index (χ1n) is 10.1. The van der Waals surface area contributed by atoms with E-state index in [1.165, 1.54) is 0 Å². The number of pyridine rings is 1. The molecule has 1 fully saturated rings. The van der Waals surface area contributed by atoms with E-state index in [2.05, 4.69) is 36.9 Å². The Morgan fingerprint density at radius 1 is 1.33 bits per heavy atom. The summed E-state index contributed by atoms with van der Waals surface area (Å²) in [7, 11) is 2.02. The van der Waals surface area contributed by atoms with Gasteiger partial charge in [0.1, 0.15) is 17.5 Å². The number of fused-ring (bicyclic) bond motifs is 1. The summed E-state index contributed by atoms with van der Waals surface area (Å²) in [5, 5.41) is 12.9. The summed E-state index contributed by atoms with van der Waals surface area (Å²) in [6.07, 6.45) is 4.09. The summed E-state index contributed by atoms with van der Waals surface area (Å²) < 4.78 is 2.07. The highest BCUT2D eigenvalue weighted by Crippen LogP contribution is 2.33. The Kier molecular flexibility index (Phi) is 5.18. The average Bonchev–Trinajstić information content (AvgIpc) is 3.07. The summed E-state index contributed by atoms with van der Waals surface area (Å²) >= 11 is 0. The fourth-order valence-electron chi connectivity index (χ4n) is 4.10. The third-order valence-electron chi connectivity index (χ3n) is 5.66. The van der Waals surface area contributed by atoms with E-state index in [1.54, 1.807) is 6.92 Å². The van der Waals surface area contributed by atoms with Crippen molar-refractivity contribution in [3.63, 3.8) is 0 Å². The minimum absolute atomic E-state index is 0.134. The maximum absolute atomic E-state index is 9.55. The second-order valence-corrected chi connectivity index (χ2v) is 7.94. The van der Waals surface area contributed by atoms with E-state index in [0.29, 0.717) is 17.1 Å². The van der Waals surface area contributed by atoms with Crippen molar-refractivity contribution in [3.8, 4) is 6.07 Å². The molecule has 1 aliphatic rings. The van der Waals surface area contributed by atoms with Gasteiger partial charge in [0.05, 0.1) is 34.2 Å². The van der Waals surface area contributed by atoms with Crippen molar-refractivity contribution in [1.82, 2.24) is 19.5 Å². The van der Waals surface area contributed by atoms with Gasteiger partial charge < -0.3 is 26.3 Å². The number of piperidine rings is 1. The Morgan fingerprint density at radius 3 is 2.87 bits per heavy atom. The molecule has 0 amide bonds. The molecule has 4 heterocycles. The number of hydrogen-bond donors (Lipinski definition) is 3. The maximum atomic E-state index is 9.55. The molecule has 9 heteroatoms. The molecule has 4 rings (SSSR count). The fraction of sp³-hybridized carbons (Fsp3) is 0.429. The normalized spacial score (nSPS) is 17.7. The second kappa shape index (κ2) is 7.80. The molecule has 2 unspecified atom stereocenters. The Labute approximate surface area is 175 Å². The number of anilines is 3. The molecular formula is C21H27N9. The van der Waals surface area contributed by atoms with Crippen molar-refractivity contribution in [2.45, 2.75) is 38.8 Å². The number of nitrogen functional groups attached to an aromatic ring is 1. The lowest BCUT2D eigenvalue weighted by Gasteiger charge is -2.34. The zero-order chi connectivity index (χ0) is 21.4. The van der Waals surface area contributed by atoms with Crippen molar-refractivity contribution in [2.75, 3.05) is 29.0 Å². The molecule has 0 spiro atoms. The minimum atomic E-state index is -0.205. The third kappa shape index (κ3) is 3.62. The summed E-state index contributed by atoms with van der Waals surface area (Å²) in [6.45, 7) is 5.49. The van der Waals surface area contributed by atoms with E-state index in [0.717, 1.165) is 48.3 Å². The van der Waals surface area contributed by atoms with Crippen molar-refractivity contribution in [2.24, 2.45) is 12.8 Å². The number of nitrogens with zero attached hydrogens (tertiary/aromatic N) is 6. The quantitative estimate of drug-likeness (QED) is 0.601. The summed E-state index contributed by atoms with van der Waals surface area (Å²) in [5.74, 6) is 0.557. The van der Waals surface area contributed by atoms with Gasteiger partial charge in [-0.05, 0) is 38.8 Å². The van der Waals surface area contributed by atoms with Crippen LogP contribution in [0.5, 0.6) is 0 Å². The van der Waals surface area contributed by atoms with E-state index in [1.807, 2.05) is 26.2 Å². The van der Waals surface area contributed by atoms with Crippen LogP contribution in [-0.2, 0) is 7.05 Å². The van der Waals surface area contributed by atoms with Gasteiger partial charge in [-0.3, -0.25) is 0 Å². The van der Waals surface area contributed by atoms with Gasteiger partial charge in [-0.15, -0.1) is 0 Å². The van der Waals surface area contributed by atoms with Crippen molar-refractivity contribution in [1.29, 1.82) is 5.26 Å². The molecule has 0 bridgehead atoms. The molecule has 156 valence electrons. The van der Waals surface area contributed by atoms with E-state index >= 15 is 0 Å². The highest BCUT2D eigenvalue weighted by atomic mass is 15.2. The number of nitrogens with two attached hydrogens (primary N) is 2. The van der Waals surface area contributed by atoms with Crippen LogP contribution in [0.4, 0.5) is 17.5 Å². The number of nitriles is 1. The molecule has 1 aliphatic heterocycles. The predicted molar refractivity (Wildman–Crippen MR) is 118 cm³/mol. The lowest BCUT2D eigenvalue weighted by atomic mass is 10.0. The molecule has 0 radical (unpaired) electrons. The minimum Gasteiger partial charge on any atom is -0.368 e. The van der Waals surface area contributed by atoms with Gasteiger partial charge in [-0.25, -0.2) is 9.97 Å². The van der Waals surface area contributed by atoms with Crippen LogP contribution in [0.25, 0.3) is 11.0 Å². The van der Waals surface area contributed by atoms with Crippen LogP contribution >= 0.6 is 0 Å². The van der Waals surface area contributed by atoms with Gasteiger partial charge in [0.15, 0.2) is 0 Å². The first-order valence-corrected chi connectivity index (χ1v) is 10.1. The number of nitrogens with one attached hydrogen (secondary N) is 1. The van der Waals surface area contributed by atoms with E-state index < -0.39 is 0 Å². The van der Waals surface area contributed by atoms with Crippen LogP contribution in [0, 0.1) is 18.3 Å². The molecule has 0 saturated carbocycles. The highest BCUT2D eigenvalue weighted by molar-refractivity contribution is 5.81. The van der Waals surface area contributed by atoms with Crippen molar-refractivity contribution in [3.05, 3.63) is 35.3 Å². The van der Waals surface area contributed by atoms with Gasteiger partial charge >= 0.3 is 0 Å². The van der Waals surface area contributed by atoms with Crippen LogP contribution in [0.2, 0.25) is 0 Å². The Morgan fingerprint density at radius 2 is 2.13 bits per heavy atom. The molecule has 5 N–H and O–H groups in total. The van der Waals surface area contributed by atoms with Crippen molar-refractivity contribution < 1.29 is 0 Å². The summed E-state index contributed by atoms with van der Waals surface area (Å²) in [6, 6.07) is 6.30. The first kappa shape index (κ1) is 19.9. The lowest BCUT2D eigenvalue weighted by Crippen LogP contribution is -2.43. The zero-order valence-corrected chi connectivity index (χ0v) is 17.6. The highest BCUT2D eigenvalue weighted by Gasteiger charge is 2.24. The Bertz CT molecular complexity index is 1130. The predicted octanol–water partition coefficient (Wildman–Crippen LogP) is 2.23. The topological polar surface area (TPSA) is 135 Å². The fourth-order valence-corrected chi connectivity index (χ4v) is 4.10. The molecule has 2 atom stereocenters. The molecular weight excluding hydrogens is 378 g/mol. The van der Waals surface area contributed by atoms with Gasteiger partial charge in [-0.2, -0.15) is 10.2 Å². The van der Waals surface area contributed by atoms with E-state index in [4.69, 9.17) is 16.5 Å².